The summed E-state index contributed by atoms with van der Waals surface area (Å²) in [7, 11) is -2.13. The lowest BCUT2D eigenvalue weighted by Gasteiger charge is -2.07. The monoisotopic (exact) mass is 320 g/mol. The van der Waals surface area contributed by atoms with Gasteiger partial charge in [0.15, 0.2) is 5.78 Å². The van der Waals surface area contributed by atoms with Gasteiger partial charge in [0.25, 0.3) is 0 Å². The van der Waals surface area contributed by atoms with Gasteiger partial charge in [-0.05, 0) is 24.6 Å². The molecule has 0 aliphatic carbocycles. The molecule has 0 amide bonds. The Labute approximate surface area is 129 Å². The second-order valence-corrected chi connectivity index (χ2v) is 6.38. The van der Waals surface area contributed by atoms with E-state index in [1.165, 1.54) is 38.3 Å². The van der Waals surface area contributed by atoms with Gasteiger partial charge in [-0.2, -0.15) is 0 Å². The zero-order chi connectivity index (χ0) is 16.2. The van der Waals surface area contributed by atoms with E-state index >= 15 is 0 Å². The molecule has 0 fully saturated rings. The van der Waals surface area contributed by atoms with Gasteiger partial charge in [0.2, 0.25) is 15.9 Å². The fourth-order valence-corrected chi connectivity index (χ4v) is 2.78. The van der Waals surface area contributed by atoms with Crippen LogP contribution in [0.2, 0.25) is 0 Å². The third-order valence-corrected chi connectivity index (χ3v) is 4.46. The lowest BCUT2D eigenvalue weighted by atomic mass is 10.2. The van der Waals surface area contributed by atoms with Gasteiger partial charge in [0.05, 0.1) is 12.0 Å². The minimum absolute atomic E-state index is 0.110. The summed E-state index contributed by atoms with van der Waals surface area (Å²) >= 11 is 0. The number of Topliss-reactive ketones (excluding diaryl/α,β-unsaturated/α-hetero) is 1. The highest BCUT2D eigenvalue weighted by Gasteiger charge is 2.14. The summed E-state index contributed by atoms with van der Waals surface area (Å²) in [5, 5.41) is 0. The van der Waals surface area contributed by atoms with Crippen molar-refractivity contribution in [3.05, 3.63) is 53.7 Å². The van der Waals surface area contributed by atoms with Crippen molar-refractivity contribution in [1.29, 1.82) is 0 Å². The van der Waals surface area contributed by atoms with Gasteiger partial charge in [-0.15, -0.1) is 0 Å². The first-order valence-electron chi connectivity index (χ1n) is 6.52. The molecule has 0 atom stereocenters. The predicted octanol–water partition coefficient (Wildman–Crippen LogP) is 1.77. The molecular formula is C15H16N2O4S. The second kappa shape index (κ2) is 6.67. The molecule has 1 aromatic heterocycles. The van der Waals surface area contributed by atoms with Gasteiger partial charge in [-0.3, -0.25) is 4.79 Å². The van der Waals surface area contributed by atoms with Crippen LogP contribution in [0, 0.1) is 0 Å². The van der Waals surface area contributed by atoms with E-state index in [1.54, 1.807) is 18.3 Å². The first-order chi connectivity index (χ1) is 10.4. The van der Waals surface area contributed by atoms with Crippen molar-refractivity contribution in [1.82, 2.24) is 9.71 Å². The van der Waals surface area contributed by atoms with Crippen LogP contribution < -0.4 is 9.46 Å². The summed E-state index contributed by atoms with van der Waals surface area (Å²) < 4.78 is 31.8. The van der Waals surface area contributed by atoms with Gasteiger partial charge < -0.3 is 4.74 Å². The Morgan fingerprint density at radius 2 is 1.86 bits per heavy atom. The molecule has 0 aliphatic heterocycles. The minimum atomic E-state index is -3.64. The van der Waals surface area contributed by atoms with E-state index in [2.05, 4.69) is 9.71 Å². The molecule has 0 radical (unpaired) electrons. The Hall–Kier alpha value is -2.25. The molecule has 1 N–H and O–H groups in total. The molecule has 7 heteroatoms. The maximum atomic E-state index is 12.2. The van der Waals surface area contributed by atoms with Gasteiger partial charge in [-0.25, -0.2) is 18.1 Å². The van der Waals surface area contributed by atoms with Gasteiger partial charge in [0.1, 0.15) is 0 Å². The average Bonchev–Trinajstić information content (AvgIpc) is 2.53. The molecule has 22 heavy (non-hydrogen) atoms. The summed E-state index contributed by atoms with van der Waals surface area (Å²) in [6.07, 6.45) is 1.54. The topological polar surface area (TPSA) is 85.4 Å². The number of ketones is 1. The van der Waals surface area contributed by atoms with Crippen molar-refractivity contribution < 1.29 is 17.9 Å². The van der Waals surface area contributed by atoms with E-state index in [0.717, 1.165) is 0 Å². The molecule has 6 nitrogen and oxygen atoms in total. The number of rotatable bonds is 6. The molecule has 116 valence electrons. The van der Waals surface area contributed by atoms with E-state index in [4.69, 9.17) is 4.74 Å². The summed E-state index contributed by atoms with van der Waals surface area (Å²) in [4.78, 5) is 15.3. The van der Waals surface area contributed by atoms with Crippen LogP contribution in [0.4, 0.5) is 0 Å². The predicted molar refractivity (Wildman–Crippen MR) is 81.3 cm³/mol. The molecule has 0 spiro atoms. The summed E-state index contributed by atoms with van der Waals surface area (Å²) in [6.45, 7) is 1.55. The highest BCUT2D eigenvalue weighted by atomic mass is 32.2. The van der Waals surface area contributed by atoms with Crippen molar-refractivity contribution in [2.75, 3.05) is 7.11 Å². The van der Waals surface area contributed by atoms with Crippen LogP contribution >= 0.6 is 0 Å². The highest BCUT2D eigenvalue weighted by molar-refractivity contribution is 7.89. The third kappa shape index (κ3) is 3.90. The van der Waals surface area contributed by atoms with E-state index in [-0.39, 0.29) is 17.2 Å². The standard InChI is InChI=1S/C15H16N2O4S/c1-11(18)13-4-6-14(7-5-13)22(19,20)17-10-12-3-8-15(21-2)16-9-12/h3-9,17H,10H2,1-2H3. The zero-order valence-electron chi connectivity index (χ0n) is 12.2. The maximum Gasteiger partial charge on any atom is 0.240 e. The molecule has 2 rings (SSSR count). The number of pyridine rings is 1. The van der Waals surface area contributed by atoms with Crippen LogP contribution in [0.1, 0.15) is 22.8 Å². The molecule has 1 aromatic carbocycles. The zero-order valence-corrected chi connectivity index (χ0v) is 13.1. The number of carbonyl (C=O) groups excluding carboxylic acids is 1. The summed E-state index contributed by atoms with van der Waals surface area (Å²) in [6, 6.07) is 9.19. The summed E-state index contributed by atoms with van der Waals surface area (Å²) in [5.41, 5.74) is 1.18. The summed E-state index contributed by atoms with van der Waals surface area (Å²) in [5.74, 6) is 0.354. The number of hydrogen-bond donors (Lipinski definition) is 1. The van der Waals surface area contributed by atoms with Crippen molar-refractivity contribution in [3.8, 4) is 5.88 Å². The van der Waals surface area contributed by atoms with Crippen molar-refractivity contribution in [3.63, 3.8) is 0 Å². The van der Waals surface area contributed by atoms with Crippen LogP contribution in [0.25, 0.3) is 0 Å². The van der Waals surface area contributed by atoms with E-state index in [0.29, 0.717) is 17.0 Å². The fourth-order valence-electron chi connectivity index (χ4n) is 1.77. The number of methoxy groups -OCH3 is 1. The first-order valence-corrected chi connectivity index (χ1v) is 8.00. The maximum absolute atomic E-state index is 12.2. The molecule has 1 heterocycles. The van der Waals surface area contributed by atoms with Crippen molar-refractivity contribution in [2.45, 2.75) is 18.4 Å². The van der Waals surface area contributed by atoms with Gasteiger partial charge in [-0.1, -0.05) is 18.2 Å². The van der Waals surface area contributed by atoms with Gasteiger partial charge >= 0.3 is 0 Å². The number of carbonyl (C=O) groups is 1. The number of sulfonamides is 1. The Morgan fingerprint density at radius 1 is 1.18 bits per heavy atom. The van der Waals surface area contributed by atoms with Crippen LogP contribution in [-0.4, -0.2) is 26.3 Å². The number of nitrogens with zero attached hydrogens (tertiary/aromatic N) is 1. The number of nitrogens with one attached hydrogen (secondary N) is 1. The number of aromatic nitrogens is 1. The second-order valence-electron chi connectivity index (χ2n) is 4.61. The number of benzene rings is 1. The average molecular weight is 320 g/mol. The first kappa shape index (κ1) is 16.1. The molecule has 0 unspecified atom stereocenters. The van der Waals surface area contributed by atoms with Crippen LogP contribution in [0.5, 0.6) is 5.88 Å². The van der Waals surface area contributed by atoms with E-state index in [9.17, 15) is 13.2 Å². The third-order valence-electron chi connectivity index (χ3n) is 3.04. The molecule has 0 saturated heterocycles. The Bertz CT molecular complexity index is 753. The van der Waals surface area contributed by atoms with Crippen LogP contribution in [-0.2, 0) is 16.6 Å². The minimum Gasteiger partial charge on any atom is -0.481 e. The molecular weight excluding hydrogens is 304 g/mol. The van der Waals surface area contributed by atoms with E-state index in [1.807, 2.05) is 0 Å². The van der Waals surface area contributed by atoms with Crippen LogP contribution in [0.3, 0.4) is 0 Å². The normalized spacial score (nSPS) is 11.2. The lowest BCUT2D eigenvalue weighted by molar-refractivity contribution is 0.101. The highest BCUT2D eigenvalue weighted by Crippen LogP contribution is 2.12. The number of ether oxygens (including phenoxy) is 1. The van der Waals surface area contributed by atoms with Crippen LogP contribution in [0.15, 0.2) is 47.5 Å². The Morgan fingerprint density at radius 3 is 2.36 bits per heavy atom. The number of hydrogen-bond acceptors (Lipinski definition) is 5. The Balaban J connectivity index is 2.08. The smallest absolute Gasteiger partial charge is 0.240 e. The molecule has 0 bridgehead atoms. The SMILES string of the molecule is COc1ccc(CNS(=O)(=O)c2ccc(C(C)=O)cc2)cn1. The molecule has 2 aromatic rings. The fraction of sp³-hybridized carbons (Fsp3) is 0.200. The molecule has 0 saturated carbocycles. The quantitative estimate of drug-likeness (QED) is 0.820. The van der Waals surface area contributed by atoms with Gasteiger partial charge in [0, 0.05) is 24.4 Å². The van der Waals surface area contributed by atoms with Crippen molar-refractivity contribution in [2.24, 2.45) is 0 Å². The lowest BCUT2D eigenvalue weighted by Crippen LogP contribution is -2.23. The molecule has 0 aliphatic rings. The van der Waals surface area contributed by atoms with E-state index < -0.39 is 10.0 Å². The Kier molecular flexibility index (Phi) is 4.89. The largest absolute Gasteiger partial charge is 0.481 e. The van der Waals surface area contributed by atoms with Crippen molar-refractivity contribution >= 4 is 15.8 Å².